The normalized spacial score (nSPS) is 11.5. The minimum Gasteiger partial charge on any atom is -0.389 e. The number of pyridine rings is 1. The lowest BCUT2D eigenvalue weighted by molar-refractivity contribution is -0.276. The Hall–Kier alpha value is -0.770. The van der Waals surface area contributed by atoms with Gasteiger partial charge in [0.15, 0.2) is 0 Å². The summed E-state index contributed by atoms with van der Waals surface area (Å²) in [4.78, 5) is 12.9. The molecule has 1 heterocycles. The summed E-state index contributed by atoms with van der Waals surface area (Å²) in [6.07, 6.45) is -4.85. The Morgan fingerprint density at radius 1 is 1.53 bits per heavy atom. The molecule has 1 rings (SSSR count). The number of hydrogen-bond acceptors (Lipinski definition) is 3. The summed E-state index contributed by atoms with van der Waals surface area (Å²) in [5, 5.41) is 0. The predicted molar refractivity (Wildman–Crippen MR) is 54.4 cm³/mol. The van der Waals surface area contributed by atoms with Crippen LogP contribution in [0, 0.1) is 3.57 Å². The number of rotatable bonds is 2. The van der Waals surface area contributed by atoms with Crippen molar-refractivity contribution in [2.24, 2.45) is 5.73 Å². The van der Waals surface area contributed by atoms with Gasteiger partial charge in [0.25, 0.3) is 5.56 Å². The van der Waals surface area contributed by atoms with Crippen LogP contribution in [0.5, 0.6) is 5.88 Å². The van der Waals surface area contributed by atoms with Crippen molar-refractivity contribution in [1.82, 2.24) is 4.98 Å². The molecule has 8 heteroatoms. The molecular formula is C7H6F3IN2O2. The van der Waals surface area contributed by atoms with Crippen LogP contribution in [0.3, 0.4) is 0 Å². The second-order valence-electron chi connectivity index (χ2n) is 2.54. The van der Waals surface area contributed by atoms with Crippen molar-refractivity contribution in [2.75, 3.05) is 0 Å². The molecule has 15 heavy (non-hydrogen) atoms. The van der Waals surface area contributed by atoms with Crippen LogP contribution in [-0.2, 0) is 6.54 Å². The van der Waals surface area contributed by atoms with Gasteiger partial charge in [0.2, 0.25) is 5.88 Å². The molecule has 0 aromatic carbocycles. The van der Waals surface area contributed by atoms with Crippen LogP contribution < -0.4 is 16.0 Å². The van der Waals surface area contributed by atoms with Crippen molar-refractivity contribution < 1.29 is 17.9 Å². The number of halogens is 4. The van der Waals surface area contributed by atoms with Crippen LogP contribution in [-0.4, -0.2) is 11.3 Å². The highest BCUT2D eigenvalue weighted by Gasteiger charge is 2.32. The Morgan fingerprint density at radius 2 is 2.13 bits per heavy atom. The number of alkyl halides is 3. The van der Waals surface area contributed by atoms with Gasteiger partial charge < -0.3 is 10.5 Å². The van der Waals surface area contributed by atoms with E-state index in [0.717, 1.165) is 6.07 Å². The molecule has 0 aliphatic heterocycles. The van der Waals surface area contributed by atoms with E-state index in [-0.39, 0.29) is 12.1 Å². The molecule has 0 radical (unpaired) electrons. The van der Waals surface area contributed by atoms with Gasteiger partial charge in [-0.25, -0.2) is 0 Å². The van der Waals surface area contributed by atoms with E-state index in [2.05, 4.69) is 4.74 Å². The molecule has 1 aromatic heterocycles. The molecule has 0 aliphatic carbocycles. The monoisotopic (exact) mass is 334 g/mol. The van der Waals surface area contributed by atoms with Crippen molar-refractivity contribution in [3.63, 3.8) is 0 Å². The van der Waals surface area contributed by atoms with E-state index in [4.69, 9.17) is 5.73 Å². The van der Waals surface area contributed by atoms with Crippen LogP contribution in [0.2, 0.25) is 0 Å². The third-order valence-corrected chi connectivity index (χ3v) is 2.44. The van der Waals surface area contributed by atoms with Crippen LogP contribution in [0.25, 0.3) is 0 Å². The van der Waals surface area contributed by atoms with Gasteiger partial charge in [0.1, 0.15) is 0 Å². The maximum Gasteiger partial charge on any atom is 0.574 e. The van der Waals surface area contributed by atoms with Crippen molar-refractivity contribution >= 4 is 22.6 Å². The van der Waals surface area contributed by atoms with Gasteiger partial charge in [-0.3, -0.25) is 9.78 Å². The van der Waals surface area contributed by atoms with Crippen LogP contribution in [0.1, 0.15) is 5.56 Å². The lowest BCUT2D eigenvalue weighted by Crippen LogP contribution is -2.22. The molecule has 0 saturated carbocycles. The fraction of sp³-hybridized carbons (Fsp3) is 0.286. The molecule has 0 atom stereocenters. The van der Waals surface area contributed by atoms with E-state index in [0.29, 0.717) is 3.57 Å². The van der Waals surface area contributed by atoms with Gasteiger partial charge >= 0.3 is 6.36 Å². The van der Waals surface area contributed by atoms with Gasteiger partial charge in [-0.15, -0.1) is 13.2 Å². The largest absolute Gasteiger partial charge is 0.574 e. The zero-order valence-electron chi connectivity index (χ0n) is 7.19. The highest BCUT2D eigenvalue weighted by atomic mass is 127. The lowest BCUT2D eigenvalue weighted by Gasteiger charge is -2.12. The lowest BCUT2D eigenvalue weighted by atomic mass is 10.3. The first-order chi connectivity index (χ1) is 6.83. The molecule has 0 fully saturated rings. The molecule has 84 valence electrons. The van der Waals surface area contributed by atoms with E-state index in [9.17, 15) is 18.0 Å². The molecule has 4 nitrogen and oxygen atoms in total. The zero-order chi connectivity index (χ0) is 11.6. The second-order valence-corrected chi connectivity index (χ2v) is 3.70. The van der Waals surface area contributed by atoms with Crippen LogP contribution >= 0.6 is 22.6 Å². The van der Waals surface area contributed by atoms with E-state index in [1.165, 1.54) is 0 Å². The average molecular weight is 334 g/mol. The fourth-order valence-electron chi connectivity index (χ4n) is 0.927. The number of ether oxygens (including phenoxy) is 1. The van der Waals surface area contributed by atoms with E-state index in [1.54, 1.807) is 22.6 Å². The van der Waals surface area contributed by atoms with Crippen LogP contribution in [0.15, 0.2) is 10.9 Å². The molecule has 0 spiro atoms. The molecule has 3 N–H and O–H groups in total. The first-order valence-corrected chi connectivity index (χ1v) is 4.79. The Bertz CT molecular complexity index is 416. The summed E-state index contributed by atoms with van der Waals surface area (Å²) in [7, 11) is 0. The first kappa shape index (κ1) is 12.3. The van der Waals surface area contributed by atoms with Gasteiger partial charge in [-0.1, -0.05) is 0 Å². The maximum absolute atomic E-state index is 11.9. The summed E-state index contributed by atoms with van der Waals surface area (Å²) < 4.78 is 39.8. The number of nitrogens with two attached hydrogens (primary N) is 1. The quantitative estimate of drug-likeness (QED) is 0.802. The van der Waals surface area contributed by atoms with Gasteiger partial charge in [-0.2, -0.15) is 0 Å². The maximum atomic E-state index is 11.9. The smallest absolute Gasteiger partial charge is 0.389 e. The predicted octanol–water partition coefficient (Wildman–Crippen LogP) is 1.34. The highest BCUT2D eigenvalue weighted by Crippen LogP contribution is 2.25. The molecule has 0 saturated heterocycles. The number of aromatic amines is 1. The number of H-pyrrole nitrogens is 1. The van der Waals surface area contributed by atoms with E-state index >= 15 is 0 Å². The van der Waals surface area contributed by atoms with Crippen molar-refractivity contribution in [2.45, 2.75) is 12.9 Å². The first-order valence-electron chi connectivity index (χ1n) is 3.71. The SMILES string of the molecule is NCc1c(I)cc(=O)[nH]c1OC(F)(F)F. The molecule has 0 aliphatic rings. The third kappa shape index (κ3) is 3.38. The molecule has 1 aromatic rings. The average Bonchev–Trinajstić information content (AvgIpc) is 1.99. The molecule has 0 amide bonds. The Balaban J connectivity index is 3.21. The summed E-state index contributed by atoms with van der Waals surface area (Å²) in [6.45, 7) is -0.152. The minimum absolute atomic E-state index is 0.118. The van der Waals surface area contributed by atoms with Gasteiger partial charge in [0, 0.05) is 21.7 Å². The number of nitrogens with one attached hydrogen (secondary N) is 1. The number of aromatic nitrogens is 1. The van der Waals surface area contributed by atoms with E-state index < -0.39 is 17.8 Å². The third-order valence-electron chi connectivity index (χ3n) is 1.48. The number of hydrogen-bond donors (Lipinski definition) is 2. The summed E-state index contributed by atoms with van der Waals surface area (Å²) >= 11 is 1.72. The van der Waals surface area contributed by atoms with Gasteiger partial charge in [-0.05, 0) is 22.6 Å². The molecule has 0 bridgehead atoms. The standard InChI is InChI=1S/C7H6F3IN2O2/c8-7(9,10)15-6-3(2-12)4(11)1-5(14)13-6/h1H,2,12H2,(H,13,14). The van der Waals surface area contributed by atoms with Crippen molar-refractivity contribution in [1.29, 1.82) is 0 Å². The second kappa shape index (κ2) is 4.39. The Morgan fingerprint density at radius 3 is 2.60 bits per heavy atom. The fourth-order valence-corrected chi connectivity index (χ4v) is 1.68. The topological polar surface area (TPSA) is 68.1 Å². The zero-order valence-corrected chi connectivity index (χ0v) is 9.35. The van der Waals surface area contributed by atoms with Crippen molar-refractivity contribution in [3.8, 4) is 5.88 Å². The summed E-state index contributed by atoms with van der Waals surface area (Å²) in [5.41, 5.74) is 4.69. The van der Waals surface area contributed by atoms with E-state index in [1.807, 2.05) is 4.98 Å². The van der Waals surface area contributed by atoms with Gasteiger partial charge in [0.05, 0.1) is 0 Å². The molecular weight excluding hydrogens is 328 g/mol. The van der Waals surface area contributed by atoms with Crippen LogP contribution in [0.4, 0.5) is 13.2 Å². The summed E-state index contributed by atoms with van der Waals surface area (Å²) in [6, 6.07) is 1.14. The molecule has 0 unspecified atom stereocenters. The Kier molecular flexibility index (Phi) is 3.60. The van der Waals surface area contributed by atoms with Crippen molar-refractivity contribution in [3.05, 3.63) is 25.6 Å². The minimum atomic E-state index is -4.85. The Labute approximate surface area is 95.8 Å². The highest BCUT2D eigenvalue weighted by molar-refractivity contribution is 14.1. The summed E-state index contributed by atoms with van der Waals surface area (Å²) in [5.74, 6) is -0.651.